The molecule has 0 bridgehead atoms. The zero-order valence-electron chi connectivity index (χ0n) is 9.61. The zero-order valence-corrected chi connectivity index (χ0v) is 10.4. The summed E-state index contributed by atoms with van der Waals surface area (Å²) in [6.07, 6.45) is 1.70. The van der Waals surface area contributed by atoms with Crippen LogP contribution in [-0.4, -0.2) is 12.0 Å². The fourth-order valence-electron chi connectivity index (χ4n) is 1.57. The molecule has 0 aliphatic rings. The summed E-state index contributed by atoms with van der Waals surface area (Å²) in [4.78, 5) is 6.05. The SMILES string of the molecule is Cc1cc(N(C)c2ccccn2)c(Cl)cc1F. The van der Waals surface area contributed by atoms with Gasteiger partial charge in [-0.15, -0.1) is 0 Å². The van der Waals surface area contributed by atoms with Gasteiger partial charge in [-0.3, -0.25) is 0 Å². The average molecular weight is 251 g/mol. The Morgan fingerprint density at radius 2 is 2.06 bits per heavy atom. The van der Waals surface area contributed by atoms with Gasteiger partial charge in [-0.25, -0.2) is 9.37 Å². The minimum absolute atomic E-state index is 0.298. The number of aryl methyl sites for hydroxylation is 1. The molecule has 0 unspecified atom stereocenters. The fraction of sp³-hybridized carbons (Fsp3) is 0.154. The van der Waals surface area contributed by atoms with Gasteiger partial charge in [-0.1, -0.05) is 17.7 Å². The van der Waals surface area contributed by atoms with Gasteiger partial charge in [0.25, 0.3) is 0 Å². The zero-order chi connectivity index (χ0) is 12.4. The molecule has 0 amide bonds. The first kappa shape index (κ1) is 11.9. The molecule has 0 spiro atoms. The first-order valence-corrected chi connectivity index (χ1v) is 5.58. The Morgan fingerprint density at radius 1 is 1.29 bits per heavy atom. The van der Waals surface area contributed by atoms with Crippen molar-refractivity contribution in [2.75, 3.05) is 11.9 Å². The number of anilines is 2. The highest BCUT2D eigenvalue weighted by molar-refractivity contribution is 6.33. The van der Waals surface area contributed by atoms with Crippen LogP contribution in [-0.2, 0) is 0 Å². The standard InChI is InChI=1S/C13H12ClFN2/c1-9-7-12(10(14)8-11(9)15)17(2)13-5-3-4-6-16-13/h3-8H,1-2H3. The number of halogens is 2. The van der Waals surface area contributed by atoms with E-state index in [-0.39, 0.29) is 5.82 Å². The number of hydrogen-bond donors (Lipinski definition) is 0. The molecule has 0 saturated heterocycles. The molecule has 0 fully saturated rings. The third-order valence-corrected chi connectivity index (χ3v) is 2.89. The average Bonchev–Trinajstić information content (AvgIpc) is 2.34. The van der Waals surface area contributed by atoms with E-state index in [0.29, 0.717) is 10.6 Å². The van der Waals surface area contributed by atoms with Crippen LogP contribution in [0.15, 0.2) is 36.5 Å². The van der Waals surface area contributed by atoms with Gasteiger partial charge in [-0.05, 0) is 36.8 Å². The minimum Gasteiger partial charge on any atom is -0.328 e. The lowest BCUT2D eigenvalue weighted by Gasteiger charge is -2.20. The second kappa shape index (κ2) is 4.72. The van der Waals surface area contributed by atoms with Gasteiger partial charge in [0, 0.05) is 13.2 Å². The fourth-order valence-corrected chi connectivity index (χ4v) is 1.85. The topological polar surface area (TPSA) is 16.1 Å². The molecular formula is C13H12ClFN2. The normalized spacial score (nSPS) is 10.4. The van der Waals surface area contributed by atoms with E-state index < -0.39 is 0 Å². The van der Waals surface area contributed by atoms with Gasteiger partial charge in [0.15, 0.2) is 0 Å². The highest BCUT2D eigenvalue weighted by atomic mass is 35.5. The Balaban J connectivity index is 2.44. The number of hydrogen-bond acceptors (Lipinski definition) is 2. The number of pyridine rings is 1. The Labute approximate surface area is 105 Å². The van der Waals surface area contributed by atoms with E-state index in [1.807, 2.05) is 30.1 Å². The quantitative estimate of drug-likeness (QED) is 0.802. The second-order valence-corrected chi connectivity index (χ2v) is 4.21. The van der Waals surface area contributed by atoms with E-state index in [9.17, 15) is 4.39 Å². The number of aromatic nitrogens is 1. The first-order valence-electron chi connectivity index (χ1n) is 5.20. The monoisotopic (exact) mass is 250 g/mol. The summed E-state index contributed by atoms with van der Waals surface area (Å²) in [6, 6.07) is 8.64. The molecule has 2 nitrogen and oxygen atoms in total. The predicted molar refractivity (Wildman–Crippen MR) is 68.4 cm³/mol. The van der Waals surface area contributed by atoms with Crippen molar-refractivity contribution in [2.24, 2.45) is 0 Å². The molecule has 4 heteroatoms. The van der Waals surface area contributed by atoms with Crippen LogP contribution in [0, 0.1) is 12.7 Å². The molecule has 0 saturated carbocycles. The van der Waals surface area contributed by atoms with Crippen molar-refractivity contribution < 1.29 is 4.39 Å². The second-order valence-electron chi connectivity index (χ2n) is 3.80. The van der Waals surface area contributed by atoms with Gasteiger partial charge in [0.1, 0.15) is 11.6 Å². The summed E-state index contributed by atoms with van der Waals surface area (Å²) in [7, 11) is 1.85. The third kappa shape index (κ3) is 2.39. The summed E-state index contributed by atoms with van der Waals surface area (Å²) < 4.78 is 13.3. The largest absolute Gasteiger partial charge is 0.328 e. The Hall–Kier alpha value is -1.61. The molecule has 0 N–H and O–H groups in total. The lowest BCUT2D eigenvalue weighted by Crippen LogP contribution is -2.11. The Kier molecular flexibility index (Phi) is 3.29. The lowest BCUT2D eigenvalue weighted by atomic mass is 10.2. The minimum atomic E-state index is -0.298. The summed E-state index contributed by atoms with van der Waals surface area (Å²) in [5.41, 5.74) is 1.30. The van der Waals surface area contributed by atoms with Crippen molar-refractivity contribution in [3.63, 3.8) is 0 Å². The number of nitrogens with zero attached hydrogens (tertiary/aromatic N) is 2. The molecule has 1 aromatic heterocycles. The highest BCUT2D eigenvalue weighted by Crippen LogP contribution is 2.31. The smallest absolute Gasteiger partial charge is 0.132 e. The molecule has 0 atom stereocenters. The predicted octanol–water partition coefficient (Wildman–Crippen LogP) is 3.95. The van der Waals surface area contributed by atoms with E-state index in [1.165, 1.54) is 6.07 Å². The Morgan fingerprint density at radius 3 is 2.71 bits per heavy atom. The van der Waals surface area contributed by atoms with Crippen LogP contribution in [0.4, 0.5) is 15.9 Å². The molecular weight excluding hydrogens is 239 g/mol. The van der Waals surface area contributed by atoms with E-state index in [2.05, 4.69) is 4.98 Å². The summed E-state index contributed by atoms with van der Waals surface area (Å²) in [5, 5.41) is 0.376. The van der Waals surface area contributed by atoms with Crippen LogP contribution in [0.1, 0.15) is 5.56 Å². The number of rotatable bonds is 2. The van der Waals surface area contributed by atoms with Gasteiger partial charge < -0.3 is 4.90 Å². The molecule has 0 aliphatic carbocycles. The van der Waals surface area contributed by atoms with Crippen LogP contribution in [0.2, 0.25) is 5.02 Å². The maximum absolute atomic E-state index is 13.3. The molecule has 1 aromatic carbocycles. The van der Waals surface area contributed by atoms with E-state index in [0.717, 1.165) is 11.5 Å². The van der Waals surface area contributed by atoms with Crippen molar-refractivity contribution in [2.45, 2.75) is 6.92 Å². The van der Waals surface area contributed by atoms with E-state index in [1.54, 1.807) is 19.2 Å². The van der Waals surface area contributed by atoms with Crippen molar-refractivity contribution in [3.05, 3.63) is 52.9 Å². The van der Waals surface area contributed by atoms with Gasteiger partial charge in [-0.2, -0.15) is 0 Å². The van der Waals surface area contributed by atoms with Gasteiger partial charge in [0.2, 0.25) is 0 Å². The van der Waals surface area contributed by atoms with Crippen molar-refractivity contribution >= 4 is 23.1 Å². The molecule has 2 aromatic rings. The lowest BCUT2D eigenvalue weighted by molar-refractivity contribution is 0.618. The van der Waals surface area contributed by atoms with E-state index in [4.69, 9.17) is 11.6 Å². The van der Waals surface area contributed by atoms with Crippen molar-refractivity contribution in [1.29, 1.82) is 0 Å². The van der Waals surface area contributed by atoms with Crippen molar-refractivity contribution in [1.82, 2.24) is 4.98 Å². The van der Waals surface area contributed by atoms with E-state index >= 15 is 0 Å². The molecule has 2 rings (SSSR count). The maximum atomic E-state index is 13.3. The van der Waals surface area contributed by atoms with Crippen LogP contribution in [0.5, 0.6) is 0 Å². The van der Waals surface area contributed by atoms with Crippen LogP contribution in [0.25, 0.3) is 0 Å². The first-order chi connectivity index (χ1) is 8.09. The van der Waals surface area contributed by atoms with Crippen molar-refractivity contribution in [3.8, 4) is 0 Å². The molecule has 1 heterocycles. The maximum Gasteiger partial charge on any atom is 0.132 e. The summed E-state index contributed by atoms with van der Waals surface area (Å²) in [6.45, 7) is 1.71. The molecule has 0 radical (unpaired) electrons. The highest BCUT2D eigenvalue weighted by Gasteiger charge is 2.11. The van der Waals surface area contributed by atoms with Crippen LogP contribution >= 0.6 is 11.6 Å². The summed E-state index contributed by atoms with van der Waals surface area (Å²) >= 11 is 6.04. The third-order valence-electron chi connectivity index (χ3n) is 2.58. The molecule has 17 heavy (non-hydrogen) atoms. The van der Waals surface area contributed by atoms with Crippen LogP contribution < -0.4 is 4.90 Å². The van der Waals surface area contributed by atoms with Crippen LogP contribution in [0.3, 0.4) is 0 Å². The Bertz CT molecular complexity index is 528. The molecule has 0 aliphatic heterocycles. The number of benzene rings is 1. The molecule has 88 valence electrons. The van der Waals surface area contributed by atoms with Gasteiger partial charge in [0.05, 0.1) is 10.7 Å². The summed E-state index contributed by atoms with van der Waals surface area (Å²) in [5.74, 6) is 0.466. The van der Waals surface area contributed by atoms with Gasteiger partial charge >= 0.3 is 0 Å².